The molecule has 3 heterocycles. The number of carbonyl (C=O) groups is 2. The second kappa shape index (κ2) is 9.89. The Labute approximate surface area is 231 Å². The lowest BCUT2D eigenvalue weighted by molar-refractivity contribution is 0.0535. The lowest BCUT2D eigenvalue weighted by Gasteiger charge is -2.35. The molecule has 0 radical (unpaired) electrons. The molecule has 0 saturated carbocycles. The molecule has 198 valence electrons. The van der Waals surface area contributed by atoms with Crippen LogP contribution in [0.5, 0.6) is 0 Å². The van der Waals surface area contributed by atoms with E-state index in [-0.39, 0.29) is 18.0 Å². The lowest BCUT2D eigenvalue weighted by atomic mass is 10.1. The number of rotatable bonds is 4. The normalized spacial score (nSPS) is 15.0. The van der Waals surface area contributed by atoms with Gasteiger partial charge < -0.3 is 25.4 Å². The number of benzene rings is 4. The molecule has 5 aromatic rings. The molecule has 0 spiro atoms. The molecular formula is C32H28N6O2. The molecule has 1 aromatic heterocycles. The predicted octanol–water partition coefficient (Wildman–Crippen LogP) is 5.36. The Bertz CT molecular complexity index is 1680. The molecular weight excluding hydrogens is 500 g/mol. The zero-order chi connectivity index (χ0) is 27.1. The van der Waals surface area contributed by atoms with Crippen molar-refractivity contribution in [2.24, 2.45) is 0 Å². The van der Waals surface area contributed by atoms with Gasteiger partial charge in [0.25, 0.3) is 11.8 Å². The Hall–Kier alpha value is -5.11. The van der Waals surface area contributed by atoms with Crippen LogP contribution in [0.1, 0.15) is 32.4 Å². The van der Waals surface area contributed by atoms with Crippen LogP contribution in [0.3, 0.4) is 0 Å². The van der Waals surface area contributed by atoms with Crippen LogP contribution in [-0.2, 0) is 0 Å². The SMILES string of the molecule is O=C(c1cccc(-c2nc3ccccc3[nH]2)c1)N1CCN(C(=O)c2cccc(C3Nc4ccccc4N3)c2)CC1. The third-order valence-corrected chi connectivity index (χ3v) is 7.62. The topological polar surface area (TPSA) is 93.4 Å². The van der Waals surface area contributed by atoms with Gasteiger partial charge in [-0.05, 0) is 54.1 Å². The third kappa shape index (κ3) is 4.43. The third-order valence-electron chi connectivity index (χ3n) is 7.62. The molecule has 1 fully saturated rings. The number of aromatic amines is 1. The van der Waals surface area contributed by atoms with Gasteiger partial charge in [-0.15, -0.1) is 0 Å². The average molecular weight is 529 g/mol. The van der Waals surface area contributed by atoms with E-state index in [9.17, 15) is 9.59 Å². The summed E-state index contributed by atoms with van der Waals surface area (Å²) in [6.45, 7) is 1.95. The number of nitrogens with one attached hydrogen (secondary N) is 3. The molecule has 2 aliphatic heterocycles. The zero-order valence-corrected chi connectivity index (χ0v) is 21.8. The Morgan fingerprint density at radius 3 is 1.95 bits per heavy atom. The van der Waals surface area contributed by atoms with Crippen LogP contribution in [0, 0.1) is 0 Å². The number of piperazine rings is 1. The van der Waals surface area contributed by atoms with E-state index < -0.39 is 0 Å². The standard InChI is InChI=1S/C32H28N6O2/c39-31(23-9-5-7-21(19-23)29-33-25-11-1-2-12-26(25)34-29)37-15-17-38(18-16-37)32(40)24-10-6-8-22(20-24)30-35-27-13-3-4-14-28(27)36-30/h1-14,19-20,29,33-34H,15-18H2,(H,35,36). The van der Waals surface area contributed by atoms with Gasteiger partial charge in [0, 0.05) is 42.9 Å². The molecule has 1 saturated heterocycles. The van der Waals surface area contributed by atoms with Crippen LogP contribution in [0.25, 0.3) is 22.4 Å². The smallest absolute Gasteiger partial charge is 0.253 e. The van der Waals surface area contributed by atoms with Gasteiger partial charge in [0.1, 0.15) is 12.0 Å². The molecule has 2 aliphatic rings. The number of amides is 2. The highest BCUT2D eigenvalue weighted by molar-refractivity contribution is 5.97. The Morgan fingerprint density at radius 1 is 0.675 bits per heavy atom. The molecule has 4 aromatic carbocycles. The summed E-state index contributed by atoms with van der Waals surface area (Å²) in [6, 6.07) is 31.2. The first-order chi connectivity index (χ1) is 19.6. The first kappa shape index (κ1) is 24.0. The summed E-state index contributed by atoms with van der Waals surface area (Å²) in [5, 5.41) is 6.93. The van der Waals surface area contributed by atoms with Crippen molar-refractivity contribution in [3.63, 3.8) is 0 Å². The van der Waals surface area contributed by atoms with E-state index in [4.69, 9.17) is 0 Å². The van der Waals surface area contributed by atoms with E-state index in [2.05, 4.69) is 20.6 Å². The van der Waals surface area contributed by atoms with Crippen LogP contribution in [-0.4, -0.2) is 57.8 Å². The van der Waals surface area contributed by atoms with Crippen LogP contribution in [0.4, 0.5) is 11.4 Å². The van der Waals surface area contributed by atoms with Crippen molar-refractivity contribution in [3.05, 3.63) is 114 Å². The summed E-state index contributed by atoms with van der Waals surface area (Å²) in [4.78, 5) is 38.4. The molecule has 0 atom stereocenters. The lowest BCUT2D eigenvalue weighted by Crippen LogP contribution is -2.50. The molecule has 8 nitrogen and oxygen atoms in total. The number of carbonyl (C=O) groups excluding carboxylic acids is 2. The van der Waals surface area contributed by atoms with Crippen LogP contribution in [0.2, 0.25) is 0 Å². The Morgan fingerprint density at radius 2 is 1.27 bits per heavy atom. The summed E-state index contributed by atoms with van der Waals surface area (Å²) in [5.74, 6) is 0.682. The van der Waals surface area contributed by atoms with Crippen molar-refractivity contribution in [3.8, 4) is 11.4 Å². The minimum atomic E-state index is -0.0880. The zero-order valence-electron chi connectivity index (χ0n) is 21.8. The number of H-pyrrole nitrogens is 1. The minimum absolute atomic E-state index is 0.0173. The van der Waals surface area contributed by atoms with Crippen LogP contribution >= 0.6 is 0 Å². The van der Waals surface area contributed by atoms with Gasteiger partial charge in [-0.3, -0.25) is 9.59 Å². The number of anilines is 2. The van der Waals surface area contributed by atoms with Crippen molar-refractivity contribution in [2.75, 3.05) is 36.8 Å². The maximum atomic E-state index is 13.4. The van der Waals surface area contributed by atoms with E-state index in [1.165, 1.54) is 0 Å². The fraction of sp³-hybridized carbons (Fsp3) is 0.156. The maximum absolute atomic E-state index is 13.4. The first-order valence-electron chi connectivity index (χ1n) is 13.5. The molecule has 7 rings (SSSR count). The largest absolute Gasteiger partial charge is 0.360 e. The predicted molar refractivity (Wildman–Crippen MR) is 156 cm³/mol. The van der Waals surface area contributed by atoms with E-state index in [0.29, 0.717) is 37.3 Å². The van der Waals surface area contributed by atoms with Gasteiger partial charge in [-0.1, -0.05) is 48.5 Å². The monoisotopic (exact) mass is 528 g/mol. The molecule has 8 heteroatoms. The molecule has 40 heavy (non-hydrogen) atoms. The van der Waals surface area contributed by atoms with E-state index in [1.54, 1.807) is 0 Å². The fourth-order valence-electron chi connectivity index (χ4n) is 5.47. The highest BCUT2D eigenvalue weighted by atomic mass is 16.2. The van der Waals surface area contributed by atoms with E-state index >= 15 is 0 Å². The second-order valence-electron chi connectivity index (χ2n) is 10.2. The first-order valence-corrected chi connectivity index (χ1v) is 13.5. The van der Waals surface area contributed by atoms with Crippen LogP contribution < -0.4 is 10.6 Å². The van der Waals surface area contributed by atoms with Gasteiger partial charge in [0.05, 0.1) is 22.4 Å². The molecule has 0 aliphatic carbocycles. The number of hydrogen-bond acceptors (Lipinski definition) is 5. The number of para-hydroxylation sites is 4. The van der Waals surface area contributed by atoms with Gasteiger partial charge >= 0.3 is 0 Å². The Balaban J connectivity index is 1.01. The molecule has 3 N–H and O–H groups in total. The number of nitrogens with zero attached hydrogens (tertiary/aromatic N) is 3. The molecule has 0 unspecified atom stereocenters. The van der Waals surface area contributed by atoms with Crippen molar-refractivity contribution in [2.45, 2.75) is 6.17 Å². The summed E-state index contributed by atoms with van der Waals surface area (Å²) in [6.07, 6.45) is -0.0880. The average Bonchev–Trinajstić information content (AvgIpc) is 3.65. The van der Waals surface area contributed by atoms with Gasteiger partial charge in [-0.2, -0.15) is 0 Å². The minimum Gasteiger partial charge on any atom is -0.360 e. The summed E-state index contributed by atoms with van der Waals surface area (Å²) in [5.41, 5.74) is 7.08. The van der Waals surface area contributed by atoms with Gasteiger partial charge in [0.2, 0.25) is 0 Å². The molecule has 2 amide bonds. The Kier molecular flexibility index (Phi) is 5.92. The number of imidazole rings is 1. The van der Waals surface area contributed by atoms with Gasteiger partial charge in [0.15, 0.2) is 0 Å². The number of aromatic nitrogens is 2. The fourth-order valence-corrected chi connectivity index (χ4v) is 5.47. The van der Waals surface area contributed by atoms with Crippen molar-refractivity contribution >= 4 is 34.2 Å². The van der Waals surface area contributed by atoms with Crippen molar-refractivity contribution in [1.29, 1.82) is 0 Å². The van der Waals surface area contributed by atoms with E-state index in [1.807, 2.05) is 107 Å². The van der Waals surface area contributed by atoms with Crippen molar-refractivity contribution in [1.82, 2.24) is 19.8 Å². The number of hydrogen-bond donors (Lipinski definition) is 3. The maximum Gasteiger partial charge on any atom is 0.253 e. The van der Waals surface area contributed by atoms with E-state index in [0.717, 1.165) is 39.4 Å². The highest BCUT2D eigenvalue weighted by Gasteiger charge is 2.27. The second-order valence-corrected chi connectivity index (χ2v) is 10.2. The highest BCUT2D eigenvalue weighted by Crippen LogP contribution is 2.35. The summed E-state index contributed by atoms with van der Waals surface area (Å²) < 4.78 is 0. The molecule has 0 bridgehead atoms. The van der Waals surface area contributed by atoms with Gasteiger partial charge in [-0.25, -0.2) is 4.98 Å². The van der Waals surface area contributed by atoms with Crippen molar-refractivity contribution < 1.29 is 9.59 Å². The summed E-state index contributed by atoms with van der Waals surface area (Å²) >= 11 is 0. The quantitative estimate of drug-likeness (QED) is 0.292. The number of fused-ring (bicyclic) bond motifs is 2. The van der Waals surface area contributed by atoms with Crippen LogP contribution in [0.15, 0.2) is 97.1 Å². The summed E-state index contributed by atoms with van der Waals surface area (Å²) in [7, 11) is 0.